The largest absolute Gasteiger partial charge is 0.396 e. The van der Waals surface area contributed by atoms with Crippen LogP contribution in [0.3, 0.4) is 0 Å². The van der Waals surface area contributed by atoms with Crippen molar-refractivity contribution in [3.8, 4) is 0 Å². The van der Waals surface area contributed by atoms with Crippen molar-refractivity contribution >= 4 is 29.3 Å². The summed E-state index contributed by atoms with van der Waals surface area (Å²) < 4.78 is 0. The van der Waals surface area contributed by atoms with Gasteiger partial charge in [-0.15, -0.1) is 0 Å². The summed E-state index contributed by atoms with van der Waals surface area (Å²) >= 11 is 4.26. The molecular formula is C20H27N3O2S. The Balaban J connectivity index is 1.78. The minimum Gasteiger partial charge on any atom is -0.396 e. The van der Waals surface area contributed by atoms with Gasteiger partial charge in [0.1, 0.15) is 0 Å². The van der Waals surface area contributed by atoms with Gasteiger partial charge in [0.15, 0.2) is 0 Å². The second kappa shape index (κ2) is 8.86. The van der Waals surface area contributed by atoms with Crippen LogP contribution in [-0.4, -0.2) is 71.4 Å². The van der Waals surface area contributed by atoms with E-state index in [0.717, 1.165) is 29.4 Å². The molecule has 26 heavy (non-hydrogen) atoms. The number of carbonyl (C=O) groups is 1. The number of nitrogens with zero attached hydrogens (tertiary/aromatic N) is 2. The molecule has 6 heteroatoms. The summed E-state index contributed by atoms with van der Waals surface area (Å²) in [6, 6.07) is 13.9. The Hall–Kier alpha value is -1.60. The zero-order valence-electron chi connectivity index (χ0n) is 14.9. The molecule has 0 saturated carbocycles. The van der Waals surface area contributed by atoms with Crippen molar-refractivity contribution in [2.75, 3.05) is 38.5 Å². The lowest BCUT2D eigenvalue weighted by atomic mass is 10.0. The third kappa shape index (κ3) is 4.20. The molecule has 140 valence electrons. The molecule has 1 saturated heterocycles. The van der Waals surface area contributed by atoms with Gasteiger partial charge in [0, 0.05) is 56.2 Å². The highest BCUT2D eigenvalue weighted by Crippen LogP contribution is 2.22. The van der Waals surface area contributed by atoms with Gasteiger partial charge in [-0.05, 0) is 23.3 Å². The molecule has 3 N–H and O–H groups in total. The van der Waals surface area contributed by atoms with Gasteiger partial charge < -0.3 is 15.7 Å². The van der Waals surface area contributed by atoms with E-state index in [4.69, 9.17) is 5.73 Å². The van der Waals surface area contributed by atoms with Crippen LogP contribution in [0, 0.1) is 0 Å². The van der Waals surface area contributed by atoms with Crippen LogP contribution in [0.4, 0.5) is 0 Å². The number of benzene rings is 2. The second-order valence-corrected chi connectivity index (χ2v) is 7.25. The van der Waals surface area contributed by atoms with Crippen molar-refractivity contribution < 1.29 is 9.90 Å². The van der Waals surface area contributed by atoms with E-state index < -0.39 is 0 Å². The number of carbonyl (C=O) groups excluding carboxylic acids is 1. The maximum absolute atomic E-state index is 13.2. The molecule has 1 aliphatic rings. The van der Waals surface area contributed by atoms with Gasteiger partial charge in [-0.3, -0.25) is 9.69 Å². The molecule has 2 aromatic carbocycles. The number of hydrogen-bond acceptors (Lipinski definition) is 5. The van der Waals surface area contributed by atoms with Crippen molar-refractivity contribution in [2.24, 2.45) is 5.73 Å². The average Bonchev–Trinajstić information content (AvgIpc) is 2.68. The summed E-state index contributed by atoms with van der Waals surface area (Å²) in [6.45, 7) is 2.89. The Morgan fingerprint density at radius 3 is 2.77 bits per heavy atom. The number of nitrogens with two attached hydrogens (primary N) is 1. The molecule has 1 fully saturated rings. The van der Waals surface area contributed by atoms with Crippen molar-refractivity contribution in [2.45, 2.75) is 18.5 Å². The Morgan fingerprint density at radius 1 is 1.23 bits per heavy atom. The predicted molar refractivity (Wildman–Crippen MR) is 109 cm³/mol. The minimum atomic E-state index is -0.000144. The molecule has 2 unspecified atom stereocenters. The van der Waals surface area contributed by atoms with Crippen LogP contribution in [-0.2, 0) is 0 Å². The molecule has 0 bridgehead atoms. The van der Waals surface area contributed by atoms with Crippen LogP contribution in [0.1, 0.15) is 16.8 Å². The molecule has 2 aromatic rings. The lowest BCUT2D eigenvalue weighted by molar-refractivity contribution is 0.0412. The van der Waals surface area contributed by atoms with E-state index in [1.165, 1.54) is 0 Å². The summed E-state index contributed by atoms with van der Waals surface area (Å²) in [5, 5.41) is 11.5. The SMILES string of the molecule is NC(CS)CN1CCN(C(=O)c2cccc3ccccc23)CC1CCO. The Labute approximate surface area is 160 Å². The Morgan fingerprint density at radius 2 is 2.00 bits per heavy atom. The highest BCUT2D eigenvalue weighted by Gasteiger charge is 2.30. The highest BCUT2D eigenvalue weighted by molar-refractivity contribution is 7.80. The van der Waals surface area contributed by atoms with Gasteiger partial charge >= 0.3 is 0 Å². The third-order valence-corrected chi connectivity index (χ3v) is 5.55. The summed E-state index contributed by atoms with van der Waals surface area (Å²) in [4.78, 5) is 17.3. The molecule has 0 radical (unpaired) electrons. The fourth-order valence-corrected chi connectivity index (χ4v) is 3.80. The average molecular weight is 374 g/mol. The molecule has 1 heterocycles. The number of thiol groups is 1. The summed E-state index contributed by atoms with van der Waals surface area (Å²) in [7, 11) is 0. The number of aliphatic hydroxyl groups excluding tert-OH is 1. The lowest BCUT2D eigenvalue weighted by Gasteiger charge is -2.42. The number of rotatable bonds is 6. The van der Waals surface area contributed by atoms with E-state index in [-0.39, 0.29) is 24.6 Å². The first-order chi connectivity index (χ1) is 12.6. The van der Waals surface area contributed by atoms with Crippen LogP contribution >= 0.6 is 12.6 Å². The second-order valence-electron chi connectivity index (χ2n) is 6.88. The van der Waals surface area contributed by atoms with E-state index in [2.05, 4.69) is 17.5 Å². The van der Waals surface area contributed by atoms with Gasteiger partial charge in [0.2, 0.25) is 0 Å². The third-order valence-electron chi connectivity index (χ3n) is 5.08. The first-order valence-electron chi connectivity index (χ1n) is 9.12. The number of fused-ring (bicyclic) bond motifs is 1. The fraction of sp³-hybridized carbons (Fsp3) is 0.450. The normalized spacial score (nSPS) is 19.7. The van der Waals surface area contributed by atoms with Crippen LogP contribution in [0.25, 0.3) is 10.8 Å². The Kier molecular flexibility index (Phi) is 6.53. The number of hydrogen-bond donors (Lipinski definition) is 3. The first-order valence-corrected chi connectivity index (χ1v) is 9.75. The molecule has 3 rings (SSSR count). The van der Waals surface area contributed by atoms with Gasteiger partial charge in [0.05, 0.1) is 0 Å². The topological polar surface area (TPSA) is 69.8 Å². The maximum Gasteiger partial charge on any atom is 0.254 e. The molecule has 5 nitrogen and oxygen atoms in total. The van der Waals surface area contributed by atoms with E-state index >= 15 is 0 Å². The van der Waals surface area contributed by atoms with E-state index in [0.29, 0.717) is 25.3 Å². The summed E-state index contributed by atoms with van der Waals surface area (Å²) in [6.07, 6.45) is 0.638. The maximum atomic E-state index is 13.2. The molecule has 1 aliphatic heterocycles. The van der Waals surface area contributed by atoms with Crippen molar-refractivity contribution in [1.82, 2.24) is 9.80 Å². The lowest BCUT2D eigenvalue weighted by Crippen LogP contribution is -2.57. The molecular weight excluding hydrogens is 346 g/mol. The number of amides is 1. The van der Waals surface area contributed by atoms with Gasteiger partial charge in [0.25, 0.3) is 5.91 Å². The first kappa shape index (κ1) is 19.2. The Bertz CT molecular complexity index is 749. The quantitative estimate of drug-likeness (QED) is 0.673. The summed E-state index contributed by atoms with van der Waals surface area (Å²) in [5.74, 6) is 0.684. The monoisotopic (exact) mass is 373 g/mol. The van der Waals surface area contributed by atoms with Gasteiger partial charge in [-0.2, -0.15) is 12.6 Å². The van der Waals surface area contributed by atoms with Gasteiger partial charge in [-0.25, -0.2) is 0 Å². The molecule has 0 aliphatic carbocycles. The molecule has 0 spiro atoms. The van der Waals surface area contributed by atoms with Crippen LogP contribution in [0.5, 0.6) is 0 Å². The molecule has 0 aromatic heterocycles. The van der Waals surface area contributed by atoms with Crippen molar-refractivity contribution in [3.63, 3.8) is 0 Å². The summed E-state index contributed by atoms with van der Waals surface area (Å²) in [5.41, 5.74) is 6.79. The van der Waals surface area contributed by atoms with Crippen molar-refractivity contribution in [1.29, 1.82) is 0 Å². The van der Waals surface area contributed by atoms with E-state index in [1.807, 2.05) is 47.4 Å². The smallest absolute Gasteiger partial charge is 0.254 e. The molecule has 1 amide bonds. The minimum absolute atomic E-state index is 0.000144. The van der Waals surface area contributed by atoms with Crippen LogP contribution < -0.4 is 5.73 Å². The van der Waals surface area contributed by atoms with Crippen molar-refractivity contribution in [3.05, 3.63) is 48.0 Å². The van der Waals surface area contributed by atoms with Crippen LogP contribution in [0.2, 0.25) is 0 Å². The standard InChI is InChI=1S/C20H27N3O2S/c21-16(14-26)12-22-9-10-23(13-17(22)8-11-24)20(25)19-7-3-5-15-4-1-2-6-18(15)19/h1-7,16-17,24,26H,8-14,21H2. The zero-order chi connectivity index (χ0) is 18.5. The molecule has 2 atom stereocenters. The highest BCUT2D eigenvalue weighted by atomic mass is 32.1. The fourth-order valence-electron chi connectivity index (χ4n) is 3.68. The number of aliphatic hydroxyl groups is 1. The van der Waals surface area contributed by atoms with E-state index in [1.54, 1.807) is 0 Å². The van der Waals surface area contributed by atoms with Gasteiger partial charge in [-0.1, -0.05) is 36.4 Å². The number of piperazine rings is 1. The van der Waals surface area contributed by atoms with E-state index in [9.17, 15) is 9.90 Å². The zero-order valence-corrected chi connectivity index (χ0v) is 15.8. The predicted octanol–water partition coefficient (Wildman–Crippen LogP) is 1.61. The van der Waals surface area contributed by atoms with Crippen LogP contribution in [0.15, 0.2) is 42.5 Å².